The number of aliphatic hydroxyl groups is 1. The van der Waals surface area contributed by atoms with Gasteiger partial charge in [-0.25, -0.2) is 9.97 Å². The topological polar surface area (TPSA) is 67.1 Å². The molecule has 118 valence electrons. The van der Waals surface area contributed by atoms with Crippen LogP contribution in [0, 0.1) is 5.92 Å². The molecule has 22 heavy (non-hydrogen) atoms. The normalized spacial score (nSPS) is 21.3. The van der Waals surface area contributed by atoms with Crippen LogP contribution < -0.4 is 4.90 Å². The maximum absolute atomic E-state index is 10.5. The highest BCUT2D eigenvalue weighted by Gasteiger charge is 2.31. The first-order valence-corrected chi connectivity index (χ1v) is 8.73. The van der Waals surface area contributed by atoms with Crippen molar-refractivity contribution in [1.82, 2.24) is 18.9 Å². The van der Waals surface area contributed by atoms with Gasteiger partial charge in [0.15, 0.2) is 0 Å². The van der Waals surface area contributed by atoms with Gasteiger partial charge in [0.25, 0.3) is 0 Å². The molecular formula is C15H21N5OS. The molecule has 2 aromatic rings. The molecule has 4 rings (SSSR count). The number of nitrogens with zero attached hydrogens (tertiary/aromatic N) is 5. The van der Waals surface area contributed by atoms with Crippen molar-refractivity contribution in [2.24, 2.45) is 13.0 Å². The van der Waals surface area contributed by atoms with Crippen molar-refractivity contribution in [2.45, 2.75) is 37.7 Å². The summed E-state index contributed by atoms with van der Waals surface area (Å²) in [6.07, 6.45) is 7.57. The Kier molecular flexibility index (Phi) is 3.62. The smallest absolute Gasteiger partial charge is 0.205 e. The van der Waals surface area contributed by atoms with Crippen molar-refractivity contribution in [3.63, 3.8) is 0 Å². The average molecular weight is 319 g/mol. The molecule has 0 bridgehead atoms. The Bertz CT molecular complexity index is 642. The van der Waals surface area contributed by atoms with Crippen molar-refractivity contribution in [3.05, 3.63) is 24.0 Å². The SMILES string of the molecule is Cn1ccnc1C(O)C1CCN(c2nc(C3CC3)ns2)CC1. The van der Waals surface area contributed by atoms with Gasteiger partial charge in [-0.3, -0.25) is 0 Å². The quantitative estimate of drug-likeness (QED) is 0.935. The molecule has 1 unspecified atom stereocenters. The van der Waals surface area contributed by atoms with E-state index < -0.39 is 6.10 Å². The number of hydrogen-bond acceptors (Lipinski definition) is 6. The van der Waals surface area contributed by atoms with Crippen molar-refractivity contribution in [1.29, 1.82) is 0 Å². The highest BCUT2D eigenvalue weighted by atomic mass is 32.1. The third kappa shape index (κ3) is 2.63. The van der Waals surface area contributed by atoms with Gasteiger partial charge >= 0.3 is 0 Å². The summed E-state index contributed by atoms with van der Waals surface area (Å²) in [7, 11) is 1.93. The zero-order valence-corrected chi connectivity index (χ0v) is 13.5. The molecule has 1 atom stereocenters. The van der Waals surface area contributed by atoms with Gasteiger partial charge in [-0.2, -0.15) is 4.37 Å². The summed E-state index contributed by atoms with van der Waals surface area (Å²) in [6.45, 7) is 1.87. The van der Waals surface area contributed by atoms with Crippen molar-refractivity contribution >= 4 is 16.7 Å². The Balaban J connectivity index is 1.38. The lowest BCUT2D eigenvalue weighted by atomic mass is 9.91. The second kappa shape index (κ2) is 5.62. The predicted octanol–water partition coefficient (Wildman–Crippen LogP) is 2.10. The van der Waals surface area contributed by atoms with E-state index in [1.54, 1.807) is 6.20 Å². The van der Waals surface area contributed by atoms with E-state index in [1.165, 1.54) is 24.4 Å². The van der Waals surface area contributed by atoms with E-state index in [4.69, 9.17) is 0 Å². The molecule has 3 heterocycles. The third-order valence-corrected chi connectivity index (χ3v) is 5.54. The Hall–Kier alpha value is -1.47. The summed E-state index contributed by atoms with van der Waals surface area (Å²) in [6, 6.07) is 0. The number of hydrogen-bond donors (Lipinski definition) is 1. The minimum atomic E-state index is -0.474. The lowest BCUT2D eigenvalue weighted by Crippen LogP contribution is -2.36. The fourth-order valence-electron chi connectivity index (χ4n) is 3.14. The van der Waals surface area contributed by atoms with Gasteiger partial charge in [-0.15, -0.1) is 0 Å². The van der Waals surface area contributed by atoms with Crippen LogP contribution in [0.3, 0.4) is 0 Å². The Morgan fingerprint density at radius 1 is 1.27 bits per heavy atom. The molecule has 1 N–H and O–H groups in total. The summed E-state index contributed by atoms with van der Waals surface area (Å²) < 4.78 is 6.39. The minimum absolute atomic E-state index is 0.271. The van der Waals surface area contributed by atoms with Gasteiger partial charge in [0.1, 0.15) is 17.8 Å². The lowest BCUT2D eigenvalue weighted by Gasteiger charge is -2.33. The predicted molar refractivity (Wildman–Crippen MR) is 85.0 cm³/mol. The second-order valence-electron chi connectivity index (χ2n) is 6.38. The van der Waals surface area contributed by atoms with Crippen LogP contribution in [0.25, 0.3) is 0 Å². The number of aryl methyl sites for hydroxylation is 1. The van der Waals surface area contributed by atoms with Crippen LogP contribution >= 0.6 is 11.5 Å². The molecule has 0 aromatic carbocycles. The molecule has 1 aliphatic carbocycles. The molecule has 0 amide bonds. The van der Waals surface area contributed by atoms with Crippen LogP contribution in [0.1, 0.15) is 49.4 Å². The van der Waals surface area contributed by atoms with Gasteiger partial charge in [-0.05, 0) is 31.6 Å². The number of rotatable bonds is 4. The average Bonchev–Trinajstić information content (AvgIpc) is 3.12. The molecular weight excluding hydrogens is 298 g/mol. The number of imidazole rings is 1. The number of anilines is 1. The van der Waals surface area contributed by atoms with E-state index in [1.807, 2.05) is 17.8 Å². The molecule has 7 heteroatoms. The minimum Gasteiger partial charge on any atom is -0.385 e. The molecule has 1 saturated heterocycles. The maximum Gasteiger partial charge on any atom is 0.205 e. The standard InChI is InChI=1S/C15H21N5OS/c1-19-9-6-16-14(19)12(21)10-4-7-20(8-5-10)15-17-13(18-22-15)11-2-3-11/h6,9-12,21H,2-5,7-8H2,1H3. The van der Waals surface area contributed by atoms with Crippen molar-refractivity contribution in [3.8, 4) is 0 Å². The summed E-state index contributed by atoms with van der Waals surface area (Å²) in [4.78, 5) is 11.3. The fourth-order valence-corrected chi connectivity index (χ4v) is 3.94. The van der Waals surface area contributed by atoms with Gasteiger partial charge in [0.05, 0.1) is 0 Å². The Morgan fingerprint density at radius 2 is 2.05 bits per heavy atom. The second-order valence-corrected chi connectivity index (χ2v) is 7.11. The van der Waals surface area contributed by atoms with Crippen LogP contribution in [0.2, 0.25) is 0 Å². The first-order chi connectivity index (χ1) is 10.7. The first kappa shape index (κ1) is 14.1. The monoisotopic (exact) mass is 319 g/mol. The molecule has 1 saturated carbocycles. The van der Waals surface area contributed by atoms with Crippen LogP contribution in [-0.2, 0) is 7.05 Å². The Labute approximate surface area is 134 Å². The summed E-state index contributed by atoms with van der Waals surface area (Å²) in [5, 5.41) is 11.6. The fraction of sp³-hybridized carbons (Fsp3) is 0.667. The van der Waals surface area contributed by atoms with Crippen LogP contribution in [0.15, 0.2) is 12.4 Å². The van der Waals surface area contributed by atoms with Gasteiger partial charge in [0.2, 0.25) is 5.13 Å². The molecule has 1 aliphatic heterocycles. The van der Waals surface area contributed by atoms with Gasteiger partial charge < -0.3 is 14.6 Å². The molecule has 2 aliphatic rings. The number of piperidine rings is 1. The molecule has 6 nitrogen and oxygen atoms in total. The van der Waals surface area contributed by atoms with E-state index >= 15 is 0 Å². The van der Waals surface area contributed by atoms with E-state index in [2.05, 4.69) is 19.2 Å². The summed E-state index contributed by atoms with van der Waals surface area (Å²) in [5.74, 6) is 2.70. The molecule has 2 aromatic heterocycles. The van der Waals surface area contributed by atoms with Crippen LogP contribution in [-0.4, -0.2) is 37.1 Å². The van der Waals surface area contributed by atoms with Gasteiger partial charge in [0, 0.05) is 50.0 Å². The number of aromatic nitrogens is 4. The molecule has 0 radical (unpaired) electrons. The van der Waals surface area contributed by atoms with E-state index in [-0.39, 0.29) is 5.92 Å². The maximum atomic E-state index is 10.5. The molecule has 2 fully saturated rings. The van der Waals surface area contributed by atoms with Crippen LogP contribution in [0.5, 0.6) is 0 Å². The molecule has 0 spiro atoms. The van der Waals surface area contributed by atoms with Crippen molar-refractivity contribution in [2.75, 3.05) is 18.0 Å². The van der Waals surface area contributed by atoms with Gasteiger partial charge in [-0.1, -0.05) is 0 Å². The third-order valence-electron chi connectivity index (χ3n) is 4.75. The first-order valence-electron chi connectivity index (χ1n) is 7.96. The zero-order chi connectivity index (χ0) is 15.1. The van der Waals surface area contributed by atoms with E-state index in [9.17, 15) is 5.11 Å². The van der Waals surface area contributed by atoms with Crippen LogP contribution in [0.4, 0.5) is 5.13 Å². The zero-order valence-electron chi connectivity index (χ0n) is 12.7. The highest BCUT2D eigenvalue weighted by Crippen LogP contribution is 2.40. The van der Waals surface area contributed by atoms with E-state index in [0.717, 1.165) is 42.7 Å². The van der Waals surface area contributed by atoms with Crippen molar-refractivity contribution < 1.29 is 5.11 Å². The number of aliphatic hydroxyl groups excluding tert-OH is 1. The van der Waals surface area contributed by atoms with E-state index in [0.29, 0.717) is 5.92 Å². The summed E-state index contributed by atoms with van der Waals surface area (Å²) in [5.41, 5.74) is 0. The summed E-state index contributed by atoms with van der Waals surface area (Å²) >= 11 is 1.52. The Morgan fingerprint density at radius 3 is 2.68 bits per heavy atom. The lowest BCUT2D eigenvalue weighted by molar-refractivity contribution is 0.0825. The highest BCUT2D eigenvalue weighted by molar-refractivity contribution is 7.09. The largest absolute Gasteiger partial charge is 0.385 e.